The van der Waals surface area contributed by atoms with Gasteiger partial charge in [-0.05, 0) is 38.8 Å². The van der Waals surface area contributed by atoms with E-state index in [1.54, 1.807) is 0 Å². The van der Waals surface area contributed by atoms with Gasteiger partial charge in [-0.25, -0.2) is 4.98 Å². The molecule has 1 fully saturated rings. The number of halogens is 1. The van der Waals surface area contributed by atoms with Crippen LogP contribution >= 0.6 is 12.4 Å². The predicted octanol–water partition coefficient (Wildman–Crippen LogP) is 2.32. The molecule has 3 rings (SSSR count). The molecule has 3 atom stereocenters. The van der Waals surface area contributed by atoms with Crippen LogP contribution in [0.2, 0.25) is 0 Å². The Bertz CT molecular complexity index is 468. The smallest absolute Gasteiger partial charge is 0.132 e. The number of ether oxygens (including phenoxy) is 1. The number of hydrogen-bond acceptors (Lipinski definition) is 4. The number of anilines is 1. The quantitative estimate of drug-likeness (QED) is 0.929. The normalized spacial score (nSPS) is 25.6. The topological polar surface area (TPSA) is 37.4 Å². The molecule has 1 aromatic rings. The molecule has 5 heteroatoms. The lowest BCUT2D eigenvalue weighted by atomic mass is 10.1. The Labute approximate surface area is 127 Å². The van der Waals surface area contributed by atoms with Gasteiger partial charge in [-0.2, -0.15) is 0 Å². The highest BCUT2D eigenvalue weighted by molar-refractivity contribution is 5.85. The molecule has 0 bridgehead atoms. The summed E-state index contributed by atoms with van der Waals surface area (Å²) in [7, 11) is 0. The van der Waals surface area contributed by atoms with Crippen molar-refractivity contribution in [2.24, 2.45) is 0 Å². The Hall–Kier alpha value is -0.840. The van der Waals surface area contributed by atoms with Crippen molar-refractivity contribution < 1.29 is 4.74 Å². The van der Waals surface area contributed by atoms with Gasteiger partial charge in [0.1, 0.15) is 5.82 Å². The monoisotopic (exact) mass is 297 g/mol. The van der Waals surface area contributed by atoms with E-state index in [2.05, 4.69) is 36.2 Å². The molecule has 0 unspecified atom stereocenters. The van der Waals surface area contributed by atoms with Crippen molar-refractivity contribution in [2.45, 2.75) is 45.4 Å². The number of rotatable bonds is 3. The van der Waals surface area contributed by atoms with Crippen LogP contribution in [0.15, 0.2) is 12.1 Å². The van der Waals surface area contributed by atoms with Gasteiger partial charge in [0.25, 0.3) is 0 Å². The van der Waals surface area contributed by atoms with E-state index < -0.39 is 0 Å². The summed E-state index contributed by atoms with van der Waals surface area (Å²) in [6, 6.07) is 5.45. The van der Waals surface area contributed by atoms with E-state index in [9.17, 15) is 0 Å². The van der Waals surface area contributed by atoms with E-state index in [0.29, 0.717) is 12.1 Å². The molecule has 0 spiro atoms. The van der Waals surface area contributed by atoms with Gasteiger partial charge in [0.05, 0.1) is 11.8 Å². The van der Waals surface area contributed by atoms with Crippen molar-refractivity contribution in [3.63, 3.8) is 0 Å². The molecule has 112 valence electrons. The maximum absolute atomic E-state index is 5.66. The van der Waals surface area contributed by atoms with Gasteiger partial charge in [-0.15, -0.1) is 12.4 Å². The highest BCUT2D eigenvalue weighted by Crippen LogP contribution is 2.34. The lowest BCUT2D eigenvalue weighted by molar-refractivity contribution is 0.0734. The maximum atomic E-state index is 5.66. The van der Waals surface area contributed by atoms with Crippen molar-refractivity contribution in [1.29, 1.82) is 0 Å². The minimum Gasteiger partial charge on any atom is -0.372 e. The fourth-order valence-corrected chi connectivity index (χ4v) is 3.26. The molecule has 1 aromatic heterocycles. The standard InChI is InChI=1S/C15H23N3O.ClH/c1-4-19-11(3)14-6-5-12-7-13-9-16-8-10(2)18(13)15(12)17-14;/h5-6,10-11,13,16H,4,7-9H2,1-3H3;1H/t10-,11+,13-;/m1./s1. The fraction of sp³-hybridized carbons (Fsp3) is 0.667. The number of hydrogen-bond donors (Lipinski definition) is 1. The van der Waals surface area contributed by atoms with Crippen molar-refractivity contribution in [2.75, 3.05) is 24.6 Å². The lowest BCUT2D eigenvalue weighted by Crippen LogP contribution is -2.55. The minimum absolute atomic E-state index is 0. The first kappa shape index (κ1) is 15.5. The van der Waals surface area contributed by atoms with Gasteiger partial charge >= 0.3 is 0 Å². The summed E-state index contributed by atoms with van der Waals surface area (Å²) in [5.41, 5.74) is 2.43. The van der Waals surface area contributed by atoms with E-state index in [1.165, 1.54) is 11.4 Å². The zero-order chi connectivity index (χ0) is 13.4. The molecule has 0 aromatic carbocycles. The van der Waals surface area contributed by atoms with Crippen LogP contribution in [0.1, 0.15) is 38.1 Å². The molecule has 0 amide bonds. The first-order valence-corrected chi connectivity index (χ1v) is 7.31. The van der Waals surface area contributed by atoms with E-state index in [0.717, 1.165) is 31.8 Å². The third kappa shape index (κ3) is 2.65. The molecule has 2 aliphatic heterocycles. The molecule has 3 heterocycles. The third-order valence-corrected chi connectivity index (χ3v) is 4.20. The first-order chi connectivity index (χ1) is 9.20. The molecule has 20 heavy (non-hydrogen) atoms. The summed E-state index contributed by atoms with van der Waals surface area (Å²) >= 11 is 0. The zero-order valence-electron chi connectivity index (χ0n) is 12.4. The average Bonchev–Trinajstić information content (AvgIpc) is 2.77. The van der Waals surface area contributed by atoms with Crippen LogP contribution < -0.4 is 10.2 Å². The summed E-state index contributed by atoms with van der Waals surface area (Å²) in [4.78, 5) is 7.37. The summed E-state index contributed by atoms with van der Waals surface area (Å²) in [5.74, 6) is 1.18. The van der Waals surface area contributed by atoms with Crippen molar-refractivity contribution >= 4 is 18.2 Å². The van der Waals surface area contributed by atoms with Crippen LogP contribution in [0.25, 0.3) is 0 Å². The molecule has 1 N–H and O–H groups in total. The Morgan fingerprint density at radius 1 is 1.45 bits per heavy atom. The summed E-state index contributed by atoms with van der Waals surface area (Å²) in [5, 5.41) is 3.50. The molecule has 0 radical (unpaired) electrons. The van der Waals surface area contributed by atoms with Crippen LogP contribution in [0.3, 0.4) is 0 Å². The Morgan fingerprint density at radius 3 is 3.00 bits per heavy atom. The molecule has 0 saturated carbocycles. The number of nitrogens with zero attached hydrogens (tertiary/aromatic N) is 2. The fourth-order valence-electron chi connectivity index (χ4n) is 3.26. The number of fused-ring (bicyclic) bond motifs is 3. The molecule has 1 saturated heterocycles. The van der Waals surface area contributed by atoms with Gasteiger partial charge in [0.15, 0.2) is 0 Å². The second-order valence-corrected chi connectivity index (χ2v) is 5.59. The van der Waals surface area contributed by atoms with Crippen molar-refractivity contribution in [3.05, 3.63) is 23.4 Å². The number of nitrogens with one attached hydrogen (secondary N) is 1. The predicted molar refractivity (Wildman–Crippen MR) is 83.8 cm³/mol. The van der Waals surface area contributed by atoms with Crippen LogP contribution in [0, 0.1) is 0 Å². The summed E-state index contributed by atoms with van der Waals surface area (Å²) in [6.07, 6.45) is 1.19. The number of piperazine rings is 1. The van der Waals surface area contributed by atoms with Crippen molar-refractivity contribution in [3.8, 4) is 0 Å². The third-order valence-electron chi connectivity index (χ3n) is 4.20. The van der Waals surface area contributed by atoms with Crippen molar-refractivity contribution in [1.82, 2.24) is 10.3 Å². The highest BCUT2D eigenvalue weighted by atomic mass is 35.5. The van der Waals surface area contributed by atoms with Gasteiger partial charge < -0.3 is 15.0 Å². The van der Waals surface area contributed by atoms with Gasteiger partial charge in [-0.3, -0.25) is 0 Å². The minimum atomic E-state index is 0. The SMILES string of the molecule is CCO[C@@H](C)c1ccc2c(n1)N1[C@@H](CNC[C@H]1C)C2.Cl. The maximum Gasteiger partial charge on any atom is 0.132 e. The van der Waals surface area contributed by atoms with Crippen LogP contribution in [0.5, 0.6) is 0 Å². The van der Waals surface area contributed by atoms with E-state index in [1.807, 2.05) is 6.92 Å². The molecular formula is C15H24ClN3O. The second-order valence-electron chi connectivity index (χ2n) is 5.59. The highest BCUT2D eigenvalue weighted by Gasteiger charge is 2.36. The lowest BCUT2D eigenvalue weighted by Gasteiger charge is -2.37. The largest absolute Gasteiger partial charge is 0.372 e. The van der Waals surface area contributed by atoms with E-state index in [4.69, 9.17) is 9.72 Å². The Balaban J connectivity index is 0.00000147. The molecular weight excluding hydrogens is 274 g/mol. The molecule has 0 aliphatic carbocycles. The molecule has 2 aliphatic rings. The Morgan fingerprint density at radius 2 is 2.25 bits per heavy atom. The Kier molecular flexibility index (Phi) is 4.89. The van der Waals surface area contributed by atoms with Crippen LogP contribution in [-0.4, -0.2) is 36.8 Å². The van der Waals surface area contributed by atoms with E-state index >= 15 is 0 Å². The average molecular weight is 298 g/mol. The summed E-state index contributed by atoms with van der Waals surface area (Å²) < 4.78 is 5.66. The van der Waals surface area contributed by atoms with Crippen LogP contribution in [-0.2, 0) is 11.2 Å². The second kappa shape index (κ2) is 6.29. The van der Waals surface area contributed by atoms with Gasteiger partial charge in [-0.1, -0.05) is 6.07 Å². The van der Waals surface area contributed by atoms with E-state index in [-0.39, 0.29) is 18.5 Å². The van der Waals surface area contributed by atoms with Crippen LogP contribution in [0.4, 0.5) is 5.82 Å². The first-order valence-electron chi connectivity index (χ1n) is 7.31. The zero-order valence-corrected chi connectivity index (χ0v) is 13.2. The van der Waals surface area contributed by atoms with Gasteiger partial charge in [0, 0.05) is 31.8 Å². The van der Waals surface area contributed by atoms with Gasteiger partial charge in [0.2, 0.25) is 0 Å². The number of aromatic nitrogens is 1. The molecule has 4 nitrogen and oxygen atoms in total. The number of pyridine rings is 1. The summed E-state index contributed by atoms with van der Waals surface area (Å²) in [6.45, 7) is 9.21.